The third-order valence-corrected chi connectivity index (χ3v) is 5.46. The predicted octanol–water partition coefficient (Wildman–Crippen LogP) is 3.51. The van der Waals surface area contributed by atoms with Crippen molar-refractivity contribution >= 4 is 0 Å². The summed E-state index contributed by atoms with van der Waals surface area (Å²) in [6, 6.07) is 1.01. The van der Waals surface area contributed by atoms with Crippen LogP contribution in [0, 0.1) is 5.92 Å². The fourth-order valence-corrected chi connectivity index (χ4v) is 4.32. The molecular formula is C15H26N+. The largest absolute Gasteiger partial charge is 0.321 e. The van der Waals surface area contributed by atoms with Crippen molar-refractivity contribution in [3.8, 4) is 0 Å². The lowest BCUT2D eigenvalue weighted by Gasteiger charge is -2.53. The number of nitrogens with zero attached hydrogens (tertiary/aromatic N) is 1. The van der Waals surface area contributed by atoms with E-state index in [4.69, 9.17) is 0 Å². The summed E-state index contributed by atoms with van der Waals surface area (Å²) in [5, 5.41) is 0. The Morgan fingerprint density at radius 3 is 2.19 bits per heavy atom. The van der Waals surface area contributed by atoms with Gasteiger partial charge in [-0.3, -0.25) is 0 Å². The second-order valence-corrected chi connectivity index (χ2v) is 6.25. The minimum Gasteiger partial charge on any atom is -0.321 e. The Morgan fingerprint density at radius 2 is 1.44 bits per heavy atom. The van der Waals surface area contributed by atoms with Crippen LogP contribution in [0.3, 0.4) is 0 Å². The number of quaternary nitrogens is 1. The summed E-state index contributed by atoms with van der Waals surface area (Å²) in [5.41, 5.74) is 0. The molecular weight excluding hydrogens is 194 g/mol. The zero-order chi connectivity index (χ0) is 10.8. The van der Waals surface area contributed by atoms with Gasteiger partial charge in [-0.1, -0.05) is 12.2 Å². The summed E-state index contributed by atoms with van der Waals surface area (Å²) < 4.78 is 1.52. The molecule has 0 aromatic rings. The molecule has 0 aromatic heterocycles. The molecule has 90 valence electrons. The van der Waals surface area contributed by atoms with E-state index in [1.54, 1.807) is 0 Å². The number of fused-ring (bicyclic) bond motifs is 3. The first kappa shape index (κ1) is 10.8. The van der Waals surface area contributed by atoms with Gasteiger partial charge in [0.15, 0.2) is 0 Å². The first-order valence-corrected chi connectivity index (χ1v) is 7.40. The molecule has 0 saturated carbocycles. The van der Waals surface area contributed by atoms with E-state index in [0.29, 0.717) is 0 Å². The molecule has 0 N–H and O–H groups in total. The summed E-state index contributed by atoms with van der Waals surface area (Å²) in [6.45, 7) is 4.54. The Balaban J connectivity index is 1.71. The first-order valence-electron chi connectivity index (χ1n) is 7.40. The second-order valence-electron chi connectivity index (χ2n) is 6.25. The van der Waals surface area contributed by atoms with Crippen molar-refractivity contribution in [1.29, 1.82) is 0 Å². The van der Waals surface area contributed by atoms with Gasteiger partial charge in [0.25, 0.3) is 0 Å². The fraction of sp³-hybridized carbons (Fsp3) is 0.867. The lowest BCUT2D eigenvalue weighted by atomic mass is 9.82. The molecule has 1 aliphatic carbocycles. The quantitative estimate of drug-likeness (QED) is 0.468. The van der Waals surface area contributed by atoms with Crippen LogP contribution in [0.15, 0.2) is 12.2 Å². The van der Waals surface area contributed by atoms with Gasteiger partial charge in [0, 0.05) is 6.42 Å². The van der Waals surface area contributed by atoms with E-state index in [0.717, 1.165) is 12.0 Å². The molecule has 4 rings (SSSR count). The van der Waals surface area contributed by atoms with Gasteiger partial charge in [-0.15, -0.1) is 0 Å². The molecule has 1 heteroatoms. The van der Waals surface area contributed by atoms with Crippen LogP contribution in [0.4, 0.5) is 0 Å². The third-order valence-electron chi connectivity index (χ3n) is 5.46. The van der Waals surface area contributed by atoms with Crippen molar-refractivity contribution in [3.63, 3.8) is 0 Å². The highest BCUT2D eigenvalue weighted by Gasteiger charge is 2.44. The molecule has 3 saturated heterocycles. The van der Waals surface area contributed by atoms with Gasteiger partial charge in [0.2, 0.25) is 0 Å². The van der Waals surface area contributed by atoms with Gasteiger partial charge >= 0.3 is 0 Å². The molecule has 0 amide bonds. The Hall–Kier alpha value is -0.300. The Labute approximate surface area is 100 Å². The minimum absolute atomic E-state index is 1.01. The average Bonchev–Trinajstić information content (AvgIpc) is 2.30. The number of hydrogen-bond acceptors (Lipinski definition) is 0. The molecule has 1 nitrogen and oxygen atoms in total. The molecule has 0 radical (unpaired) electrons. The Morgan fingerprint density at radius 1 is 0.750 bits per heavy atom. The Bertz CT molecular complexity index is 247. The van der Waals surface area contributed by atoms with Gasteiger partial charge in [0.1, 0.15) is 0 Å². The predicted molar refractivity (Wildman–Crippen MR) is 68.2 cm³/mol. The molecule has 3 heterocycles. The maximum absolute atomic E-state index is 2.43. The topological polar surface area (TPSA) is 0 Å². The number of hydrogen-bond donors (Lipinski definition) is 0. The van der Waals surface area contributed by atoms with E-state index in [1.807, 2.05) is 0 Å². The SMILES string of the molecule is C1=C\CCC([N+]23CCC(CC2)CC3)CCC/1. The van der Waals surface area contributed by atoms with Crippen molar-refractivity contribution in [2.24, 2.45) is 5.92 Å². The highest BCUT2D eigenvalue weighted by Crippen LogP contribution is 2.38. The average molecular weight is 220 g/mol. The number of rotatable bonds is 1. The van der Waals surface area contributed by atoms with Crippen molar-refractivity contribution in [3.05, 3.63) is 12.2 Å². The van der Waals surface area contributed by atoms with Crippen LogP contribution >= 0.6 is 0 Å². The van der Waals surface area contributed by atoms with Gasteiger partial charge in [0.05, 0.1) is 25.7 Å². The number of piperidine rings is 3. The van der Waals surface area contributed by atoms with Crippen LogP contribution in [-0.4, -0.2) is 30.2 Å². The van der Waals surface area contributed by atoms with Gasteiger partial charge in [-0.25, -0.2) is 0 Å². The summed E-state index contributed by atoms with van der Waals surface area (Å²) in [7, 11) is 0. The molecule has 1 atom stereocenters. The van der Waals surface area contributed by atoms with Gasteiger partial charge in [-0.05, 0) is 50.9 Å². The van der Waals surface area contributed by atoms with E-state index in [2.05, 4.69) is 12.2 Å². The summed E-state index contributed by atoms with van der Waals surface area (Å²) in [4.78, 5) is 0. The van der Waals surface area contributed by atoms with Crippen molar-refractivity contribution in [2.75, 3.05) is 19.6 Å². The van der Waals surface area contributed by atoms with Gasteiger partial charge in [-0.2, -0.15) is 0 Å². The zero-order valence-electron chi connectivity index (χ0n) is 10.5. The molecule has 1 unspecified atom stereocenters. The van der Waals surface area contributed by atoms with Crippen LogP contribution in [0.5, 0.6) is 0 Å². The number of allylic oxidation sites excluding steroid dienone is 2. The molecule has 3 aliphatic heterocycles. The molecule has 2 bridgehead atoms. The van der Waals surface area contributed by atoms with E-state index in [9.17, 15) is 0 Å². The Kier molecular flexibility index (Phi) is 3.06. The lowest BCUT2D eigenvalue weighted by molar-refractivity contribution is -0.965. The van der Waals surface area contributed by atoms with E-state index < -0.39 is 0 Å². The van der Waals surface area contributed by atoms with E-state index in [1.165, 1.54) is 75.5 Å². The highest BCUT2D eigenvalue weighted by molar-refractivity contribution is 4.86. The second kappa shape index (κ2) is 4.52. The lowest BCUT2D eigenvalue weighted by Crippen LogP contribution is -2.63. The fourth-order valence-electron chi connectivity index (χ4n) is 4.32. The van der Waals surface area contributed by atoms with Crippen LogP contribution in [0.25, 0.3) is 0 Å². The van der Waals surface area contributed by atoms with Gasteiger partial charge < -0.3 is 4.48 Å². The van der Waals surface area contributed by atoms with E-state index in [-0.39, 0.29) is 0 Å². The zero-order valence-corrected chi connectivity index (χ0v) is 10.5. The van der Waals surface area contributed by atoms with Crippen LogP contribution in [-0.2, 0) is 0 Å². The highest BCUT2D eigenvalue weighted by atomic mass is 15.4. The van der Waals surface area contributed by atoms with Crippen molar-refractivity contribution < 1.29 is 4.48 Å². The van der Waals surface area contributed by atoms with Crippen LogP contribution in [0.2, 0.25) is 0 Å². The smallest absolute Gasteiger partial charge is 0.0893 e. The standard InChI is InChI=1S/C15H26N/c1-2-4-6-15(7-5-3-1)16-11-8-14(9-12-16)10-13-16/h1-2,14-15H,3-13H2/q+1/b2-1-. The summed E-state index contributed by atoms with van der Waals surface area (Å²) in [6.07, 6.45) is 16.5. The van der Waals surface area contributed by atoms with Crippen molar-refractivity contribution in [2.45, 2.75) is 57.4 Å². The maximum Gasteiger partial charge on any atom is 0.0893 e. The molecule has 0 spiro atoms. The first-order chi connectivity index (χ1) is 7.89. The molecule has 4 aliphatic rings. The monoisotopic (exact) mass is 220 g/mol. The molecule has 0 aromatic carbocycles. The summed E-state index contributed by atoms with van der Waals surface area (Å²) >= 11 is 0. The van der Waals surface area contributed by atoms with E-state index >= 15 is 0 Å². The van der Waals surface area contributed by atoms with Crippen LogP contribution < -0.4 is 0 Å². The maximum atomic E-state index is 2.43. The minimum atomic E-state index is 1.01. The third kappa shape index (κ3) is 1.95. The summed E-state index contributed by atoms with van der Waals surface area (Å²) in [5.74, 6) is 1.11. The normalized spacial score (nSPS) is 46.0. The molecule has 3 fully saturated rings. The van der Waals surface area contributed by atoms with Crippen LogP contribution in [0.1, 0.15) is 51.4 Å². The van der Waals surface area contributed by atoms with Crippen molar-refractivity contribution in [1.82, 2.24) is 0 Å². The molecule has 16 heavy (non-hydrogen) atoms.